The number of nitrogens with one attached hydrogen (secondary N) is 2. The minimum Gasteiger partial charge on any atom is -0.481 e. The lowest BCUT2D eigenvalue weighted by Crippen LogP contribution is -2.43. The van der Waals surface area contributed by atoms with Gasteiger partial charge >= 0.3 is 0 Å². The van der Waals surface area contributed by atoms with Gasteiger partial charge in [0.1, 0.15) is 10.8 Å². The highest BCUT2D eigenvalue weighted by molar-refractivity contribution is 7.99. The van der Waals surface area contributed by atoms with Crippen molar-refractivity contribution in [3.8, 4) is 5.88 Å². The van der Waals surface area contributed by atoms with E-state index in [-0.39, 0.29) is 11.2 Å². The topological polar surface area (TPSA) is 84.9 Å². The van der Waals surface area contributed by atoms with Crippen LogP contribution in [0.5, 0.6) is 5.88 Å². The van der Waals surface area contributed by atoms with Crippen molar-refractivity contribution in [3.05, 3.63) is 60.2 Å². The molecule has 2 N–H and O–H groups in total. The number of nitrogens with zero attached hydrogens (tertiary/aromatic N) is 4. The molecule has 0 unspecified atom stereocenters. The Bertz CT molecular complexity index is 1080. The predicted octanol–water partition coefficient (Wildman–Crippen LogP) is 4.75. The van der Waals surface area contributed by atoms with Gasteiger partial charge in [0, 0.05) is 30.4 Å². The van der Waals surface area contributed by atoms with Crippen LogP contribution in [-0.4, -0.2) is 38.7 Å². The van der Waals surface area contributed by atoms with Crippen LogP contribution in [0.1, 0.15) is 37.7 Å². The lowest BCUT2D eigenvalue weighted by atomic mass is 9.69. The fourth-order valence-electron chi connectivity index (χ4n) is 4.04. The number of rotatable bonds is 7. The third-order valence-corrected chi connectivity index (χ3v) is 6.76. The number of hydrogen-bond donors (Lipinski definition) is 2. The molecule has 172 valence electrons. The molecule has 3 aromatic rings. The molecule has 0 atom stereocenters. The van der Waals surface area contributed by atoms with Crippen molar-refractivity contribution in [1.29, 1.82) is 0 Å². The van der Waals surface area contributed by atoms with E-state index < -0.39 is 0 Å². The van der Waals surface area contributed by atoms with Gasteiger partial charge in [-0.2, -0.15) is 4.98 Å². The average Bonchev–Trinajstić information content (AvgIpc) is 2.84. The first-order valence-corrected chi connectivity index (χ1v) is 12.0. The van der Waals surface area contributed by atoms with Gasteiger partial charge in [0.15, 0.2) is 10.3 Å². The molecule has 2 heterocycles. The highest BCUT2D eigenvalue weighted by atomic mass is 32.2. The molecule has 10 heteroatoms. The summed E-state index contributed by atoms with van der Waals surface area (Å²) in [5, 5.41) is 8.02. The molecular weight excluding hydrogens is 459 g/mol. The van der Waals surface area contributed by atoms with Crippen LogP contribution in [-0.2, 0) is 5.41 Å². The largest absolute Gasteiger partial charge is 0.481 e. The van der Waals surface area contributed by atoms with Crippen LogP contribution in [0.25, 0.3) is 0 Å². The summed E-state index contributed by atoms with van der Waals surface area (Å²) in [5.41, 5.74) is 1.05. The summed E-state index contributed by atoms with van der Waals surface area (Å²) in [6.45, 7) is 0.647. The van der Waals surface area contributed by atoms with Crippen LogP contribution in [0.15, 0.2) is 59.0 Å². The van der Waals surface area contributed by atoms with Crippen LogP contribution in [0, 0.1) is 5.82 Å². The minimum absolute atomic E-state index is 0.0847. The Hall–Kier alpha value is -2.85. The van der Waals surface area contributed by atoms with E-state index in [9.17, 15) is 4.39 Å². The van der Waals surface area contributed by atoms with Gasteiger partial charge in [-0.25, -0.2) is 19.3 Å². The Balaban J connectivity index is 1.45. The number of thiocarbonyl (C=S) groups is 1. The van der Waals surface area contributed by atoms with Crippen LogP contribution in [0.2, 0.25) is 0 Å². The molecule has 1 aromatic carbocycles. The fraction of sp³-hybridized carbons (Fsp3) is 0.348. The summed E-state index contributed by atoms with van der Waals surface area (Å²) >= 11 is 6.85. The van der Waals surface area contributed by atoms with E-state index in [4.69, 9.17) is 17.0 Å². The lowest BCUT2D eigenvalue weighted by Gasteiger charge is -2.38. The Labute approximate surface area is 202 Å². The Morgan fingerprint density at radius 1 is 1.12 bits per heavy atom. The fourth-order valence-corrected chi connectivity index (χ4v) is 4.91. The normalized spacial score (nSPS) is 15.0. The molecule has 0 amide bonds. The van der Waals surface area contributed by atoms with Gasteiger partial charge in [0.2, 0.25) is 11.8 Å². The highest BCUT2D eigenvalue weighted by Crippen LogP contribution is 2.39. The smallest absolute Gasteiger partial charge is 0.233 e. The summed E-state index contributed by atoms with van der Waals surface area (Å²) in [7, 11) is 1.55. The van der Waals surface area contributed by atoms with Gasteiger partial charge in [0.05, 0.1) is 7.11 Å². The Kier molecular flexibility index (Phi) is 7.66. The Morgan fingerprint density at radius 3 is 2.55 bits per heavy atom. The molecule has 0 radical (unpaired) electrons. The van der Waals surface area contributed by atoms with Crippen molar-refractivity contribution in [2.24, 2.45) is 0 Å². The van der Waals surface area contributed by atoms with Crippen molar-refractivity contribution in [2.45, 2.75) is 47.7 Å². The van der Waals surface area contributed by atoms with Crippen molar-refractivity contribution >= 4 is 35.0 Å². The van der Waals surface area contributed by atoms with Crippen molar-refractivity contribution in [1.82, 2.24) is 25.3 Å². The second-order valence-corrected chi connectivity index (χ2v) is 9.26. The predicted molar refractivity (Wildman–Crippen MR) is 130 cm³/mol. The van der Waals surface area contributed by atoms with Crippen LogP contribution >= 0.6 is 24.0 Å². The summed E-state index contributed by atoms with van der Waals surface area (Å²) < 4.78 is 18.8. The van der Waals surface area contributed by atoms with E-state index in [1.807, 2.05) is 12.1 Å². The van der Waals surface area contributed by atoms with E-state index in [1.165, 1.54) is 30.3 Å². The summed E-state index contributed by atoms with van der Waals surface area (Å²) in [6, 6.07) is 10.3. The Morgan fingerprint density at radius 2 is 1.85 bits per heavy atom. The third kappa shape index (κ3) is 6.14. The zero-order valence-corrected chi connectivity index (χ0v) is 19.9. The van der Waals surface area contributed by atoms with Crippen molar-refractivity contribution in [3.63, 3.8) is 0 Å². The van der Waals surface area contributed by atoms with E-state index in [2.05, 4.69) is 30.6 Å². The zero-order chi connectivity index (χ0) is 23.1. The zero-order valence-electron chi connectivity index (χ0n) is 18.3. The molecular formula is C23H25FN6OS2. The second kappa shape index (κ2) is 10.8. The van der Waals surface area contributed by atoms with Gasteiger partial charge in [-0.1, -0.05) is 31.4 Å². The average molecular weight is 485 g/mol. The second-order valence-electron chi connectivity index (χ2n) is 7.86. The number of halogens is 1. The molecule has 0 spiro atoms. The molecule has 0 aliphatic heterocycles. The molecule has 1 fully saturated rings. The van der Waals surface area contributed by atoms with Crippen LogP contribution < -0.4 is 15.4 Å². The number of ether oxygens (including phenoxy) is 1. The molecule has 0 bridgehead atoms. The first-order valence-electron chi connectivity index (χ1n) is 10.8. The third-order valence-electron chi connectivity index (χ3n) is 5.71. The summed E-state index contributed by atoms with van der Waals surface area (Å²) in [5.74, 6) is 0.508. The first kappa shape index (κ1) is 23.3. The number of anilines is 1. The van der Waals surface area contributed by atoms with Gasteiger partial charge in [-0.05, 0) is 60.6 Å². The quantitative estimate of drug-likeness (QED) is 0.280. The number of benzene rings is 1. The number of methoxy groups -OCH3 is 1. The maximum atomic E-state index is 13.5. The molecule has 1 saturated carbocycles. The number of aromatic nitrogens is 4. The van der Waals surface area contributed by atoms with Crippen molar-refractivity contribution < 1.29 is 9.13 Å². The SMILES string of the molecule is COc1cc(Sc2ncccn2)nc(NC(=S)NCC2(c3ccc(F)cc3)CCCCC2)n1. The molecule has 0 saturated heterocycles. The van der Waals surface area contributed by atoms with Gasteiger partial charge in [0.25, 0.3) is 0 Å². The minimum atomic E-state index is -0.223. The highest BCUT2D eigenvalue weighted by Gasteiger charge is 2.34. The standard InChI is InChI=1S/C23H25FN6OS2/c1-31-18-14-19(33-22-25-12-5-13-26-22)29-20(28-18)30-21(32)27-15-23(10-3-2-4-11-23)16-6-8-17(24)9-7-16/h5-9,12-14H,2-4,10-11,15H2,1H3,(H2,27,28,29,30,32). The molecule has 33 heavy (non-hydrogen) atoms. The van der Waals surface area contributed by atoms with E-state index >= 15 is 0 Å². The lowest BCUT2D eigenvalue weighted by molar-refractivity contribution is 0.292. The van der Waals surface area contributed by atoms with Crippen molar-refractivity contribution in [2.75, 3.05) is 19.0 Å². The maximum Gasteiger partial charge on any atom is 0.233 e. The summed E-state index contributed by atoms with van der Waals surface area (Å²) in [6.07, 6.45) is 8.90. The van der Waals surface area contributed by atoms with E-state index in [1.54, 1.807) is 31.6 Å². The van der Waals surface area contributed by atoms with Crippen LogP contribution in [0.4, 0.5) is 10.3 Å². The van der Waals surface area contributed by atoms with Gasteiger partial charge in [-0.15, -0.1) is 0 Å². The van der Waals surface area contributed by atoms with Gasteiger partial charge < -0.3 is 15.4 Å². The number of hydrogen-bond acceptors (Lipinski definition) is 7. The molecule has 4 rings (SSSR count). The molecule has 7 nitrogen and oxygen atoms in total. The molecule has 1 aliphatic carbocycles. The van der Waals surface area contributed by atoms with Gasteiger partial charge in [-0.3, -0.25) is 0 Å². The maximum absolute atomic E-state index is 13.5. The van der Waals surface area contributed by atoms with Crippen LogP contribution in [0.3, 0.4) is 0 Å². The van der Waals surface area contributed by atoms with E-state index in [0.29, 0.717) is 33.7 Å². The van der Waals surface area contributed by atoms with E-state index in [0.717, 1.165) is 31.2 Å². The monoisotopic (exact) mass is 484 g/mol. The molecule has 1 aliphatic rings. The molecule has 2 aromatic heterocycles. The first-order chi connectivity index (χ1) is 16.1. The summed E-state index contributed by atoms with van der Waals surface area (Å²) in [4.78, 5) is 17.3.